The number of anilines is 1. The maximum absolute atomic E-state index is 12.3. The number of carbonyl (C=O) groups is 1. The zero-order valence-electron chi connectivity index (χ0n) is 15.4. The smallest absolute Gasteiger partial charge is 0.351 e. The van der Waals surface area contributed by atoms with Crippen molar-refractivity contribution >= 4 is 17.8 Å². The van der Waals surface area contributed by atoms with Crippen LogP contribution in [0.3, 0.4) is 0 Å². The number of ether oxygens (including phenoxy) is 1. The van der Waals surface area contributed by atoms with Crippen LogP contribution in [0.5, 0.6) is 0 Å². The quantitative estimate of drug-likeness (QED) is 0.340. The molecule has 1 aliphatic rings. The van der Waals surface area contributed by atoms with Crippen LogP contribution in [0.1, 0.15) is 38.5 Å². The number of aliphatic hydroxyl groups excluding tert-OH is 2. The second kappa shape index (κ2) is 9.60. The number of aliphatic hydroxyl groups is 2. The molecule has 0 saturated carbocycles. The summed E-state index contributed by atoms with van der Waals surface area (Å²) in [5.74, 6) is 0.142. The van der Waals surface area contributed by atoms with Crippen LogP contribution < -0.4 is 16.5 Å². The zero-order valence-corrected chi connectivity index (χ0v) is 15.4. The number of aromatic nitrogens is 2. The average Bonchev–Trinajstić information content (AvgIpc) is 2.91. The maximum atomic E-state index is 12.3. The molecule has 10 nitrogen and oxygen atoms in total. The highest BCUT2D eigenvalue weighted by atomic mass is 16.6. The third kappa shape index (κ3) is 5.13. The van der Waals surface area contributed by atoms with E-state index in [0.29, 0.717) is 31.6 Å². The third-order valence-corrected chi connectivity index (χ3v) is 4.19. The summed E-state index contributed by atoms with van der Waals surface area (Å²) in [5, 5.41) is 22.6. The first-order chi connectivity index (χ1) is 12.9. The zero-order chi connectivity index (χ0) is 20.0. The van der Waals surface area contributed by atoms with Crippen molar-refractivity contribution in [3.63, 3.8) is 0 Å². The molecule has 0 radical (unpaired) electrons. The van der Waals surface area contributed by atoms with Gasteiger partial charge >= 0.3 is 5.69 Å². The van der Waals surface area contributed by atoms with Crippen LogP contribution in [-0.4, -0.2) is 57.1 Å². The fourth-order valence-corrected chi connectivity index (χ4v) is 2.57. The van der Waals surface area contributed by atoms with Crippen molar-refractivity contribution in [1.29, 1.82) is 0 Å². The predicted octanol–water partition coefficient (Wildman–Crippen LogP) is -0.215. The van der Waals surface area contributed by atoms with Crippen LogP contribution in [-0.2, 0) is 14.4 Å². The Morgan fingerprint density at radius 3 is 2.81 bits per heavy atom. The molecule has 4 N–H and O–H groups in total. The van der Waals surface area contributed by atoms with Gasteiger partial charge in [0.15, 0.2) is 12.0 Å². The van der Waals surface area contributed by atoms with Gasteiger partial charge in [0.05, 0.1) is 12.7 Å². The molecule has 1 aromatic heterocycles. The van der Waals surface area contributed by atoms with Gasteiger partial charge in [-0.15, -0.1) is 0 Å². The van der Waals surface area contributed by atoms with Gasteiger partial charge in [0, 0.05) is 24.7 Å². The maximum Gasteiger partial charge on any atom is 0.351 e. The summed E-state index contributed by atoms with van der Waals surface area (Å²) in [6, 6.07) is 0. The van der Waals surface area contributed by atoms with Crippen molar-refractivity contribution < 1.29 is 24.6 Å². The van der Waals surface area contributed by atoms with E-state index in [1.54, 1.807) is 13.8 Å². The van der Waals surface area contributed by atoms with E-state index in [1.807, 2.05) is 0 Å². The number of nitrogens with zero attached hydrogens (tertiary/aromatic N) is 2. The van der Waals surface area contributed by atoms with Crippen LogP contribution in [0.25, 0.3) is 6.08 Å². The topological polar surface area (TPSA) is 135 Å². The van der Waals surface area contributed by atoms with E-state index in [2.05, 4.69) is 22.4 Å². The van der Waals surface area contributed by atoms with Crippen molar-refractivity contribution in [2.45, 2.75) is 51.2 Å². The molecule has 2 rings (SSSR count). The molecule has 0 spiro atoms. The van der Waals surface area contributed by atoms with E-state index in [1.165, 1.54) is 12.3 Å². The summed E-state index contributed by atoms with van der Waals surface area (Å²) in [6.07, 6.45) is -0.0852. The van der Waals surface area contributed by atoms with Crippen LogP contribution in [0.2, 0.25) is 0 Å². The van der Waals surface area contributed by atoms with E-state index in [-0.39, 0.29) is 11.7 Å². The number of carbonyl (C=O) groups excluding carboxylic acids is 1. The molecule has 1 fully saturated rings. The van der Waals surface area contributed by atoms with Crippen molar-refractivity contribution in [1.82, 2.24) is 14.9 Å². The lowest BCUT2D eigenvalue weighted by Crippen LogP contribution is -2.35. The number of rotatable bonds is 9. The summed E-state index contributed by atoms with van der Waals surface area (Å²) in [7, 11) is 0. The summed E-state index contributed by atoms with van der Waals surface area (Å²) in [6.45, 7) is 7.82. The third-order valence-electron chi connectivity index (χ3n) is 4.19. The van der Waals surface area contributed by atoms with Gasteiger partial charge in [-0.2, -0.15) is 4.98 Å². The first-order valence-electron chi connectivity index (χ1n) is 8.80. The highest BCUT2D eigenvalue weighted by Gasteiger charge is 2.41. The Kier molecular flexibility index (Phi) is 7.48. The number of nitrogens with one attached hydrogen (secondary N) is 2. The molecular formula is C17H26N4O6. The Morgan fingerprint density at radius 2 is 2.22 bits per heavy atom. The summed E-state index contributed by atoms with van der Waals surface area (Å²) < 4.78 is 6.56. The van der Waals surface area contributed by atoms with Gasteiger partial charge in [-0.1, -0.05) is 19.6 Å². The lowest BCUT2D eigenvalue weighted by Gasteiger charge is -2.19. The molecule has 150 valence electrons. The SMILES string of the molecule is C=Cc1cn([C@@H]2O[C@H](C)[C@@H](O)[C@H]2O)c(=O)nc1NOCCCNC(=O)CC. The van der Waals surface area contributed by atoms with Gasteiger partial charge in [-0.05, 0) is 13.3 Å². The van der Waals surface area contributed by atoms with E-state index in [9.17, 15) is 19.8 Å². The molecule has 2 heterocycles. The summed E-state index contributed by atoms with van der Waals surface area (Å²) in [5.41, 5.74) is 2.38. The average molecular weight is 382 g/mol. The van der Waals surface area contributed by atoms with E-state index in [0.717, 1.165) is 4.57 Å². The van der Waals surface area contributed by atoms with Gasteiger partial charge < -0.3 is 20.3 Å². The van der Waals surface area contributed by atoms with Crippen molar-refractivity contribution in [3.8, 4) is 0 Å². The Morgan fingerprint density at radius 1 is 1.48 bits per heavy atom. The summed E-state index contributed by atoms with van der Waals surface area (Å²) >= 11 is 0. The molecule has 10 heteroatoms. The van der Waals surface area contributed by atoms with Crippen LogP contribution in [0.4, 0.5) is 5.82 Å². The monoisotopic (exact) mass is 382 g/mol. The molecule has 0 aromatic carbocycles. The first-order valence-corrected chi connectivity index (χ1v) is 8.80. The Bertz CT molecular complexity index is 722. The second-order valence-corrected chi connectivity index (χ2v) is 6.16. The number of amides is 1. The van der Waals surface area contributed by atoms with Crippen molar-refractivity contribution in [3.05, 3.63) is 28.8 Å². The molecule has 4 atom stereocenters. The largest absolute Gasteiger partial charge is 0.388 e. The van der Waals surface area contributed by atoms with Gasteiger partial charge in [0.1, 0.15) is 12.2 Å². The fraction of sp³-hybridized carbons (Fsp3) is 0.588. The van der Waals surface area contributed by atoms with Gasteiger partial charge in [-0.3, -0.25) is 14.2 Å². The van der Waals surface area contributed by atoms with E-state index in [4.69, 9.17) is 9.57 Å². The molecule has 0 unspecified atom stereocenters. The normalized spacial score (nSPS) is 24.6. The minimum absolute atomic E-state index is 0.0297. The van der Waals surface area contributed by atoms with E-state index >= 15 is 0 Å². The van der Waals surface area contributed by atoms with Gasteiger partial charge in [-0.25, -0.2) is 10.3 Å². The molecular weight excluding hydrogens is 356 g/mol. The minimum Gasteiger partial charge on any atom is -0.388 e. The Hall–Kier alpha value is -2.27. The van der Waals surface area contributed by atoms with Crippen molar-refractivity contribution in [2.75, 3.05) is 18.6 Å². The highest BCUT2D eigenvalue weighted by Crippen LogP contribution is 2.28. The Balaban J connectivity index is 1.99. The molecule has 1 amide bonds. The molecule has 1 aromatic rings. The minimum atomic E-state index is -1.24. The fourth-order valence-electron chi connectivity index (χ4n) is 2.57. The van der Waals surface area contributed by atoms with Crippen molar-refractivity contribution in [2.24, 2.45) is 0 Å². The molecule has 0 bridgehead atoms. The van der Waals surface area contributed by atoms with Gasteiger partial charge in [0.25, 0.3) is 0 Å². The number of hydrogen-bond donors (Lipinski definition) is 4. The second-order valence-electron chi connectivity index (χ2n) is 6.16. The van der Waals surface area contributed by atoms with Crippen LogP contribution in [0.15, 0.2) is 17.6 Å². The van der Waals surface area contributed by atoms with Crippen LogP contribution >= 0.6 is 0 Å². The lowest BCUT2D eigenvalue weighted by molar-refractivity contribution is -0.120. The highest BCUT2D eigenvalue weighted by molar-refractivity contribution is 5.75. The molecule has 27 heavy (non-hydrogen) atoms. The molecule has 1 saturated heterocycles. The van der Waals surface area contributed by atoms with Gasteiger partial charge in [0.2, 0.25) is 5.91 Å². The standard InChI is InChI=1S/C17H26N4O6/c1-4-11-9-21(16-14(24)13(23)10(3)27-16)17(25)19-15(11)20-26-8-6-7-18-12(22)5-2/h4,9-10,13-14,16,23-24H,1,5-8H2,2-3H3,(H,18,22)(H,19,20,25)/t10-,13-,14-,16-/m1/s1. The molecule has 0 aliphatic carbocycles. The predicted molar refractivity (Wildman–Crippen MR) is 97.7 cm³/mol. The van der Waals surface area contributed by atoms with Crippen LogP contribution in [0, 0.1) is 0 Å². The lowest BCUT2D eigenvalue weighted by atomic mass is 10.1. The number of hydrogen-bond acceptors (Lipinski definition) is 8. The molecule has 1 aliphatic heterocycles. The summed E-state index contributed by atoms with van der Waals surface area (Å²) in [4.78, 5) is 32.6. The Labute approximate surface area is 156 Å². The van der Waals surface area contributed by atoms with E-state index < -0.39 is 30.2 Å². The first kappa shape index (κ1) is 21.0.